The number of ether oxygens (including phenoxy) is 1. The van der Waals surface area contributed by atoms with E-state index in [2.05, 4.69) is 22.1 Å². The van der Waals surface area contributed by atoms with Gasteiger partial charge in [0.05, 0.1) is 23.2 Å². The monoisotopic (exact) mass is 492 g/mol. The van der Waals surface area contributed by atoms with E-state index in [0.717, 1.165) is 24.5 Å². The Morgan fingerprint density at radius 2 is 2.12 bits per heavy atom. The summed E-state index contributed by atoms with van der Waals surface area (Å²) in [6, 6.07) is 5.31. The van der Waals surface area contributed by atoms with Gasteiger partial charge in [0.1, 0.15) is 17.5 Å². The van der Waals surface area contributed by atoms with Crippen LogP contribution < -0.4 is 15.9 Å². The number of halogens is 3. The number of benzene rings is 2. The lowest BCUT2D eigenvalue weighted by Gasteiger charge is -2.35. The van der Waals surface area contributed by atoms with Crippen molar-refractivity contribution in [2.24, 2.45) is 0 Å². The smallest absolute Gasteiger partial charge is 0.350 e. The molecule has 6 nitrogen and oxygen atoms in total. The average Bonchev–Trinajstić information content (AvgIpc) is 2.98. The van der Waals surface area contributed by atoms with Crippen molar-refractivity contribution in [2.75, 3.05) is 37.4 Å². The van der Waals surface area contributed by atoms with Crippen LogP contribution in [0.1, 0.15) is 6.92 Å². The van der Waals surface area contributed by atoms with Gasteiger partial charge in [-0.25, -0.2) is 13.6 Å². The summed E-state index contributed by atoms with van der Waals surface area (Å²) in [5.41, 5.74) is 0.905. The van der Waals surface area contributed by atoms with Gasteiger partial charge in [-0.3, -0.25) is 4.57 Å². The van der Waals surface area contributed by atoms with E-state index in [0.29, 0.717) is 45.7 Å². The van der Waals surface area contributed by atoms with Crippen LogP contribution in [0.3, 0.4) is 0 Å². The van der Waals surface area contributed by atoms with Crippen molar-refractivity contribution in [1.29, 1.82) is 0 Å². The lowest BCUT2D eigenvalue weighted by atomic mass is 10.0. The summed E-state index contributed by atoms with van der Waals surface area (Å²) in [6.07, 6.45) is -0.237. The quantitative estimate of drug-likeness (QED) is 0.598. The number of nitrogens with zero attached hydrogens (tertiary/aromatic N) is 3. The minimum atomic E-state index is -0.709. The Morgan fingerprint density at radius 1 is 1.30 bits per heavy atom. The van der Waals surface area contributed by atoms with Crippen LogP contribution in [0.15, 0.2) is 34.0 Å². The second-order valence-corrected chi connectivity index (χ2v) is 9.76. The molecule has 0 amide bonds. The Morgan fingerprint density at radius 3 is 2.85 bits per heavy atom. The van der Waals surface area contributed by atoms with Crippen molar-refractivity contribution in [3.8, 4) is 11.1 Å². The standard InChI is InChI=1S/C23H23ClF2N4O2S/c1-12-9-27-5-6-29(12)22-16-8-17(24)19(15-4-3-13(25)7-18(15)26)21-20(16)30(23(31)28-22)10-14(32-2)11-33-21/h3-4,7-8,12,14,27H,5-6,9-11H2,1-2H3. The summed E-state index contributed by atoms with van der Waals surface area (Å²) >= 11 is 8.23. The predicted octanol–water partition coefficient (Wildman–Crippen LogP) is 3.91. The summed E-state index contributed by atoms with van der Waals surface area (Å²) in [5.74, 6) is -0.254. The molecule has 1 fully saturated rings. The summed E-state index contributed by atoms with van der Waals surface area (Å²) < 4.78 is 35.7. The Kier molecular flexibility index (Phi) is 6.07. The number of anilines is 1. The molecule has 1 N–H and O–H groups in total. The molecule has 5 rings (SSSR count). The molecule has 2 aromatic carbocycles. The highest BCUT2D eigenvalue weighted by atomic mass is 35.5. The van der Waals surface area contributed by atoms with Gasteiger partial charge >= 0.3 is 5.69 Å². The van der Waals surface area contributed by atoms with E-state index < -0.39 is 11.6 Å². The molecular weight excluding hydrogens is 470 g/mol. The third-order valence-corrected chi connectivity index (χ3v) is 7.78. The van der Waals surface area contributed by atoms with Crippen LogP contribution in [0, 0.1) is 11.6 Å². The van der Waals surface area contributed by atoms with Gasteiger partial charge in [0.25, 0.3) is 0 Å². The highest BCUT2D eigenvalue weighted by Crippen LogP contribution is 2.46. The molecule has 2 aliphatic heterocycles. The maximum Gasteiger partial charge on any atom is 0.350 e. The van der Waals surface area contributed by atoms with E-state index >= 15 is 0 Å². The molecular formula is C23H23ClF2N4O2S. The first-order chi connectivity index (χ1) is 15.9. The molecule has 174 valence electrons. The van der Waals surface area contributed by atoms with Gasteiger partial charge in [-0.05, 0) is 25.1 Å². The first kappa shape index (κ1) is 22.6. The van der Waals surface area contributed by atoms with Crippen molar-refractivity contribution in [2.45, 2.75) is 30.5 Å². The van der Waals surface area contributed by atoms with E-state index in [4.69, 9.17) is 16.3 Å². The SMILES string of the molecule is COC1CSc2c(-c3ccc(F)cc3F)c(Cl)cc3c(N4CCNCC4C)nc(=O)n(c23)C1. The normalized spacial score (nSPS) is 20.8. The summed E-state index contributed by atoms with van der Waals surface area (Å²) in [5, 5.41) is 4.40. The van der Waals surface area contributed by atoms with Crippen molar-refractivity contribution >= 4 is 40.1 Å². The average molecular weight is 493 g/mol. The molecule has 3 heterocycles. The van der Waals surface area contributed by atoms with E-state index in [1.807, 2.05) is 0 Å². The molecule has 2 atom stereocenters. The molecule has 2 aliphatic rings. The summed E-state index contributed by atoms with van der Waals surface area (Å²) in [7, 11) is 1.60. The lowest BCUT2D eigenvalue weighted by Crippen LogP contribution is -2.51. The number of piperazine rings is 1. The van der Waals surface area contributed by atoms with Crippen LogP contribution in [-0.4, -0.2) is 54.2 Å². The number of aromatic nitrogens is 2. The fraction of sp³-hybridized carbons (Fsp3) is 0.391. The summed E-state index contributed by atoms with van der Waals surface area (Å²) in [4.78, 5) is 20.5. The van der Waals surface area contributed by atoms with Crippen LogP contribution in [0.25, 0.3) is 22.0 Å². The zero-order valence-electron chi connectivity index (χ0n) is 18.2. The van der Waals surface area contributed by atoms with Gasteiger partial charge in [-0.1, -0.05) is 11.6 Å². The largest absolute Gasteiger partial charge is 0.379 e. The van der Waals surface area contributed by atoms with Crippen LogP contribution in [0.2, 0.25) is 5.02 Å². The van der Waals surface area contributed by atoms with E-state index in [1.54, 1.807) is 17.7 Å². The number of methoxy groups -OCH3 is 1. The topological polar surface area (TPSA) is 59.4 Å². The van der Waals surface area contributed by atoms with Gasteiger partial charge in [0.15, 0.2) is 0 Å². The predicted molar refractivity (Wildman–Crippen MR) is 128 cm³/mol. The van der Waals surface area contributed by atoms with Crippen LogP contribution in [0.5, 0.6) is 0 Å². The maximum atomic E-state index is 14.9. The van der Waals surface area contributed by atoms with Crippen molar-refractivity contribution in [1.82, 2.24) is 14.9 Å². The van der Waals surface area contributed by atoms with Crippen molar-refractivity contribution in [3.05, 3.63) is 51.4 Å². The first-order valence-electron chi connectivity index (χ1n) is 10.7. The molecule has 2 unspecified atom stereocenters. The Bertz CT molecular complexity index is 1300. The number of thioether (sulfide) groups is 1. The number of nitrogens with one attached hydrogen (secondary N) is 1. The van der Waals surface area contributed by atoms with Crippen LogP contribution in [-0.2, 0) is 11.3 Å². The van der Waals surface area contributed by atoms with E-state index in [1.165, 1.54) is 23.9 Å². The molecule has 1 saturated heterocycles. The second-order valence-electron chi connectivity index (χ2n) is 8.33. The lowest BCUT2D eigenvalue weighted by molar-refractivity contribution is 0.107. The second kappa shape index (κ2) is 8.87. The van der Waals surface area contributed by atoms with Gasteiger partial charge < -0.3 is 15.0 Å². The number of hydrogen-bond acceptors (Lipinski definition) is 6. The highest BCUT2D eigenvalue weighted by molar-refractivity contribution is 7.99. The third kappa shape index (κ3) is 3.90. The highest BCUT2D eigenvalue weighted by Gasteiger charge is 2.30. The molecule has 0 saturated carbocycles. The first-order valence-corrected chi connectivity index (χ1v) is 12.1. The minimum Gasteiger partial charge on any atom is -0.379 e. The Hall–Kier alpha value is -2.20. The molecule has 0 aliphatic carbocycles. The molecule has 33 heavy (non-hydrogen) atoms. The van der Waals surface area contributed by atoms with Gasteiger partial charge in [-0.2, -0.15) is 4.98 Å². The fourth-order valence-electron chi connectivity index (χ4n) is 4.56. The van der Waals surface area contributed by atoms with Gasteiger partial charge in [-0.15, -0.1) is 11.8 Å². The molecule has 10 heteroatoms. The zero-order valence-corrected chi connectivity index (χ0v) is 19.8. The van der Waals surface area contributed by atoms with Gasteiger partial charge in [0.2, 0.25) is 0 Å². The molecule has 3 aromatic rings. The van der Waals surface area contributed by atoms with Gasteiger partial charge in [0, 0.05) is 66.0 Å². The number of rotatable bonds is 3. The van der Waals surface area contributed by atoms with Crippen molar-refractivity contribution in [3.63, 3.8) is 0 Å². The molecule has 1 aromatic heterocycles. The maximum absolute atomic E-state index is 14.9. The zero-order chi connectivity index (χ0) is 23.3. The molecule has 0 spiro atoms. The van der Waals surface area contributed by atoms with Crippen LogP contribution in [0.4, 0.5) is 14.6 Å². The summed E-state index contributed by atoms with van der Waals surface area (Å²) in [6.45, 7) is 4.64. The minimum absolute atomic E-state index is 0.130. The van der Waals surface area contributed by atoms with Crippen LogP contribution >= 0.6 is 23.4 Å². The molecule has 0 radical (unpaired) electrons. The fourth-order valence-corrected chi connectivity index (χ4v) is 6.24. The Balaban J connectivity index is 1.85. The van der Waals surface area contributed by atoms with E-state index in [9.17, 15) is 13.6 Å². The molecule has 0 bridgehead atoms. The van der Waals surface area contributed by atoms with E-state index in [-0.39, 0.29) is 23.4 Å². The third-order valence-electron chi connectivity index (χ3n) is 6.26. The van der Waals surface area contributed by atoms with Crippen molar-refractivity contribution < 1.29 is 13.5 Å². The Labute approximate surface area is 198 Å². The number of hydrogen-bond donors (Lipinski definition) is 1.